The lowest BCUT2D eigenvalue weighted by Crippen LogP contribution is -2.42. The van der Waals surface area contributed by atoms with E-state index in [4.69, 9.17) is 0 Å². The molecule has 2 aromatic rings. The van der Waals surface area contributed by atoms with Crippen molar-refractivity contribution in [3.8, 4) is 0 Å². The number of fused-ring (bicyclic) bond motifs is 1. The molecule has 0 spiro atoms. The van der Waals surface area contributed by atoms with E-state index < -0.39 is 10.0 Å². The predicted octanol–water partition coefficient (Wildman–Crippen LogP) is 3.07. The van der Waals surface area contributed by atoms with E-state index in [1.807, 2.05) is 33.8 Å². The van der Waals surface area contributed by atoms with Gasteiger partial charge in [0.1, 0.15) is 6.54 Å². The fourth-order valence-corrected chi connectivity index (χ4v) is 5.12. The summed E-state index contributed by atoms with van der Waals surface area (Å²) < 4.78 is 28.0. The average molecular weight is 344 g/mol. The van der Waals surface area contributed by atoms with Gasteiger partial charge in [0.05, 0.1) is 16.3 Å². The molecule has 3 rings (SSSR count). The Morgan fingerprint density at radius 2 is 1.58 bits per heavy atom. The van der Waals surface area contributed by atoms with Crippen LogP contribution in [0.1, 0.15) is 22.3 Å². The van der Waals surface area contributed by atoms with Gasteiger partial charge in [-0.3, -0.25) is 9.10 Å². The number of hydrogen-bond donors (Lipinski definition) is 1. The molecule has 0 aliphatic carbocycles. The van der Waals surface area contributed by atoms with Gasteiger partial charge in [-0.1, -0.05) is 18.2 Å². The summed E-state index contributed by atoms with van der Waals surface area (Å²) in [6.07, 6.45) is 0. The van der Waals surface area contributed by atoms with Gasteiger partial charge in [0.15, 0.2) is 0 Å². The number of anilines is 2. The Bertz CT molecular complexity index is 923. The van der Waals surface area contributed by atoms with Crippen molar-refractivity contribution >= 4 is 27.3 Å². The summed E-state index contributed by atoms with van der Waals surface area (Å²) in [5.74, 6) is -0.336. The van der Waals surface area contributed by atoms with E-state index in [-0.39, 0.29) is 12.5 Å². The van der Waals surface area contributed by atoms with E-state index >= 15 is 0 Å². The van der Waals surface area contributed by atoms with Gasteiger partial charge < -0.3 is 5.32 Å². The summed E-state index contributed by atoms with van der Waals surface area (Å²) in [7, 11) is -3.84. The molecule has 1 heterocycles. The second-order valence-electron chi connectivity index (χ2n) is 6.17. The number of aryl methyl sites for hydroxylation is 2. The quantitative estimate of drug-likeness (QED) is 0.910. The van der Waals surface area contributed by atoms with Crippen molar-refractivity contribution in [1.82, 2.24) is 0 Å². The van der Waals surface area contributed by atoms with Crippen LogP contribution in [0.3, 0.4) is 0 Å². The molecule has 1 aliphatic rings. The molecule has 1 N–H and O–H groups in total. The van der Waals surface area contributed by atoms with Crippen LogP contribution in [0.5, 0.6) is 0 Å². The Morgan fingerprint density at radius 3 is 2.21 bits per heavy atom. The second kappa shape index (κ2) is 5.63. The van der Waals surface area contributed by atoms with Crippen LogP contribution in [0.2, 0.25) is 0 Å². The Labute approximate surface area is 142 Å². The van der Waals surface area contributed by atoms with Gasteiger partial charge in [0, 0.05) is 0 Å². The normalized spacial score (nSPS) is 14.3. The van der Waals surface area contributed by atoms with E-state index in [9.17, 15) is 13.2 Å². The van der Waals surface area contributed by atoms with Crippen LogP contribution in [0.15, 0.2) is 35.2 Å². The number of carbonyl (C=O) groups is 1. The highest BCUT2D eigenvalue weighted by molar-refractivity contribution is 7.93. The summed E-state index contributed by atoms with van der Waals surface area (Å²) in [5, 5.41) is 2.72. The third kappa shape index (κ3) is 2.47. The van der Waals surface area contributed by atoms with Gasteiger partial charge in [0.25, 0.3) is 10.0 Å². The van der Waals surface area contributed by atoms with Gasteiger partial charge in [-0.2, -0.15) is 0 Å². The van der Waals surface area contributed by atoms with Crippen LogP contribution < -0.4 is 9.62 Å². The minimum Gasteiger partial charge on any atom is -0.323 e. The third-order valence-electron chi connectivity index (χ3n) is 4.58. The highest BCUT2D eigenvalue weighted by Gasteiger charge is 2.34. The SMILES string of the molecule is Cc1cc(C)c(C)c(S(=O)(=O)N2CC(=O)Nc3ccccc32)c1C. The number of nitrogens with one attached hydrogen (secondary N) is 1. The van der Waals surface area contributed by atoms with Gasteiger partial charge in [-0.05, 0) is 62.1 Å². The molecule has 0 unspecified atom stereocenters. The molecular formula is C18H20N2O3S. The van der Waals surface area contributed by atoms with Gasteiger partial charge in [-0.25, -0.2) is 8.42 Å². The maximum atomic E-state index is 13.4. The van der Waals surface area contributed by atoms with Crippen molar-refractivity contribution < 1.29 is 13.2 Å². The minimum atomic E-state index is -3.84. The lowest BCUT2D eigenvalue weighted by atomic mass is 10.0. The molecule has 0 saturated heterocycles. The molecule has 0 atom stereocenters. The second-order valence-corrected chi connectivity index (χ2v) is 7.97. The first-order valence-corrected chi connectivity index (χ1v) is 9.16. The van der Waals surface area contributed by atoms with E-state index in [0.717, 1.165) is 22.3 Å². The molecule has 0 bridgehead atoms. The first-order valence-electron chi connectivity index (χ1n) is 7.72. The highest BCUT2D eigenvalue weighted by atomic mass is 32.2. The molecule has 0 saturated carbocycles. The molecule has 1 aliphatic heterocycles. The number of nitrogens with zero attached hydrogens (tertiary/aromatic N) is 1. The molecule has 0 fully saturated rings. The zero-order valence-electron chi connectivity index (χ0n) is 14.2. The maximum absolute atomic E-state index is 13.4. The van der Waals surface area contributed by atoms with Gasteiger partial charge in [0.2, 0.25) is 5.91 Å². The van der Waals surface area contributed by atoms with E-state index in [0.29, 0.717) is 16.3 Å². The van der Waals surface area contributed by atoms with Crippen molar-refractivity contribution in [3.63, 3.8) is 0 Å². The number of carbonyl (C=O) groups excluding carboxylic acids is 1. The Hall–Kier alpha value is -2.34. The summed E-state index contributed by atoms with van der Waals surface area (Å²) in [5.41, 5.74) is 4.30. The topological polar surface area (TPSA) is 66.5 Å². The lowest BCUT2D eigenvalue weighted by molar-refractivity contribution is -0.115. The van der Waals surface area contributed by atoms with Crippen molar-refractivity contribution in [1.29, 1.82) is 0 Å². The summed E-state index contributed by atoms with van der Waals surface area (Å²) >= 11 is 0. The molecular weight excluding hydrogens is 324 g/mol. The van der Waals surface area contributed by atoms with Crippen LogP contribution in [0.25, 0.3) is 0 Å². The Balaban J connectivity index is 2.26. The van der Waals surface area contributed by atoms with Crippen molar-refractivity contribution in [2.45, 2.75) is 32.6 Å². The van der Waals surface area contributed by atoms with Crippen molar-refractivity contribution in [2.75, 3.05) is 16.2 Å². The monoisotopic (exact) mass is 344 g/mol. The summed E-state index contributed by atoms with van der Waals surface area (Å²) in [6, 6.07) is 8.93. The summed E-state index contributed by atoms with van der Waals surface area (Å²) in [4.78, 5) is 12.3. The molecule has 126 valence electrons. The van der Waals surface area contributed by atoms with Gasteiger partial charge >= 0.3 is 0 Å². The Kier molecular flexibility index (Phi) is 3.87. The van der Waals surface area contributed by atoms with Crippen LogP contribution in [0.4, 0.5) is 11.4 Å². The van der Waals surface area contributed by atoms with Crippen molar-refractivity contribution in [2.24, 2.45) is 0 Å². The summed E-state index contributed by atoms with van der Waals surface area (Å²) in [6.45, 7) is 7.20. The Morgan fingerprint density at radius 1 is 1.00 bits per heavy atom. The average Bonchev–Trinajstić information content (AvgIpc) is 2.52. The van der Waals surface area contributed by atoms with Crippen molar-refractivity contribution in [3.05, 3.63) is 52.6 Å². The van der Waals surface area contributed by atoms with E-state index in [2.05, 4.69) is 5.32 Å². The van der Waals surface area contributed by atoms with E-state index in [1.54, 1.807) is 24.3 Å². The van der Waals surface area contributed by atoms with E-state index in [1.165, 1.54) is 4.31 Å². The zero-order valence-corrected chi connectivity index (χ0v) is 15.0. The minimum absolute atomic E-state index is 0.217. The van der Waals surface area contributed by atoms with Gasteiger partial charge in [-0.15, -0.1) is 0 Å². The number of hydrogen-bond acceptors (Lipinski definition) is 3. The van der Waals surface area contributed by atoms with Crippen LogP contribution in [0, 0.1) is 27.7 Å². The molecule has 1 amide bonds. The largest absolute Gasteiger partial charge is 0.323 e. The third-order valence-corrected chi connectivity index (χ3v) is 6.61. The fourth-order valence-electron chi connectivity index (χ4n) is 3.09. The molecule has 0 radical (unpaired) electrons. The number of para-hydroxylation sites is 2. The molecule has 0 aromatic heterocycles. The predicted molar refractivity (Wildman–Crippen MR) is 95.0 cm³/mol. The standard InChI is InChI=1S/C18H20N2O3S/c1-11-9-12(2)14(4)18(13(11)3)24(22,23)20-10-17(21)19-15-7-5-6-8-16(15)20/h5-9H,10H2,1-4H3,(H,19,21). The smallest absolute Gasteiger partial charge is 0.265 e. The first kappa shape index (κ1) is 16.5. The molecule has 2 aromatic carbocycles. The lowest BCUT2D eigenvalue weighted by Gasteiger charge is -2.31. The molecule has 5 nitrogen and oxygen atoms in total. The number of benzene rings is 2. The fraction of sp³-hybridized carbons (Fsp3) is 0.278. The molecule has 6 heteroatoms. The van der Waals surface area contributed by atoms with Crippen LogP contribution in [-0.2, 0) is 14.8 Å². The van der Waals surface area contributed by atoms with Crippen LogP contribution >= 0.6 is 0 Å². The zero-order chi connectivity index (χ0) is 17.6. The number of rotatable bonds is 2. The maximum Gasteiger partial charge on any atom is 0.265 e. The molecule has 24 heavy (non-hydrogen) atoms. The highest BCUT2D eigenvalue weighted by Crippen LogP contribution is 2.36. The number of sulfonamides is 1. The first-order chi connectivity index (χ1) is 11.2. The number of amides is 1. The van der Waals surface area contributed by atoms with Crippen LogP contribution in [-0.4, -0.2) is 20.9 Å².